The molecule has 0 spiro atoms. The van der Waals surface area contributed by atoms with Crippen molar-refractivity contribution in [2.45, 2.75) is 6.54 Å². The Kier molecular flexibility index (Phi) is 6.05. The molecule has 0 aliphatic heterocycles. The van der Waals surface area contributed by atoms with E-state index in [1.165, 1.54) is 25.4 Å². The van der Waals surface area contributed by atoms with Crippen LogP contribution in [0.1, 0.15) is 26.3 Å². The fraction of sp³-hybridized carbons (Fsp3) is 0.176. The zero-order chi connectivity index (χ0) is 18.2. The van der Waals surface area contributed by atoms with E-state index in [1.807, 2.05) is 0 Å². The number of hydrogen-bond donors (Lipinski definition) is 2. The molecule has 1 aromatic heterocycles. The molecular weight excluding hydrogens is 328 g/mol. The summed E-state index contributed by atoms with van der Waals surface area (Å²) in [5, 5.41) is 2.56. The summed E-state index contributed by atoms with van der Waals surface area (Å²) in [6.45, 7) is -0.308. The Hall–Kier alpha value is -3.42. The van der Waals surface area contributed by atoms with Crippen molar-refractivity contribution in [2.75, 3.05) is 13.7 Å². The Labute approximate surface area is 142 Å². The van der Waals surface area contributed by atoms with Crippen molar-refractivity contribution < 1.29 is 23.9 Å². The summed E-state index contributed by atoms with van der Waals surface area (Å²) in [4.78, 5) is 48.5. The van der Waals surface area contributed by atoms with E-state index in [1.54, 1.807) is 24.3 Å². The third-order valence-corrected chi connectivity index (χ3v) is 3.24. The summed E-state index contributed by atoms with van der Waals surface area (Å²) in [6.07, 6.45) is 1.39. The van der Waals surface area contributed by atoms with E-state index in [9.17, 15) is 19.2 Å². The standard InChI is InChI=1S/C17H16N2O6/c1-24-16(22)12-6-4-11(5-7-12)9-19-14(20)10-25-17(23)13-3-2-8-18-15(13)21/h2-8H,9-10H2,1H3,(H,18,21)(H,19,20). The van der Waals surface area contributed by atoms with Gasteiger partial charge < -0.3 is 19.8 Å². The maximum atomic E-state index is 11.7. The number of methoxy groups -OCH3 is 1. The number of aromatic amines is 1. The van der Waals surface area contributed by atoms with Gasteiger partial charge in [-0.15, -0.1) is 0 Å². The van der Waals surface area contributed by atoms with Crippen LogP contribution >= 0.6 is 0 Å². The first kappa shape index (κ1) is 17.9. The summed E-state index contributed by atoms with van der Waals surface area (Å²) in [6, 6.07) is 9.28. The van der Waals surface area contributed by atoms with Crippen LogP contribution in [0.15, 0.2) is 47.4 Å². The molecule has 0 fully saturated rings. The molecule has 0 saturated carbocycles. The number of rotatable bonds is 6. The monoisotopic (exact) mass is 344 g/mol. The lowest BCUT2D eigenvalue weighted by Crippen LogP contribution is -2.29. The molecular formula is C17H16N2O6. The Morgan fingerprint density at radius 2 is 1.80 bits per heavy atom. The number of amides is 1. The Morgan fingerprint density at radius 3 is 2.44 bits per heavy atom. The number of ether oxygens (including phenoxy) is 2. The van der Waals surface area contributed by atoms with Crippen LogP contribution in [-0.4, -0.2) is 36.5 Å². The molecule has 8 heteroatoms. The molecule has 0 bridgehead atoms. The highest BCUT2D eigenvalue weighted by Gasteiger charge is 2.13. The number of H-pyrrole nitrogens is 1. The molecule has 130 valence electrons. The van der Waals surface area contributed by atoms with Gasteiger partial charge in [-0.25, -0.2) is 9.59 Å². The number of carbonyl (C=O) groups excluding carboxylic acids is 3. The fourth-order valence-corrected chi connectivity index (χ4v) is 1.92. The van der Waals surface area contributed by atoms with Crippen LogP contribution in [0.4, 0.5) is 0 Å². The summed E-state index contributed by atoms with van der Waals surface area (Å²) in [5.74, 6) is -1.84. The minimum absolute atomic E-state index is 0.173. The van der Waals surface area contributed by atoms with Crippen molar-refractivity contribution in [1.82, 2.24) is 10.3 Å². The highest BCUT2D eigenvalue weighted by atomic mass is 16.5. The van der Waals surface area contributed by atoms with Gasteiger partial charge in [0, 0.05) is 12.7 Å². The van der Waals surface area contributed by atoms with E-state index in [-0.39, 0.29) is 12.1 Å². The van der Waals surface area contributed by atoms with Crippen molar-refractivity contribution in [3.63, 3.8) is 0 Å². The molecule has 0 saturated heterocycles. The summed E-state index contributed by atoms with van der Waals surface area (Å²) >= 11 is 0. The average molecular weight is 344 g/mol. The quantitative estimate of drug-likeness (QED) is 0.743. The predicted molar refractivity (Wildman–Crippen MR) is 87.0 cm³/mol. The van der Waals surface area contributed by atoms with Crippen LogP contribution < -0.4 is 10.9 Å². The molecule has 25 heavy (non-hydrogen) atoms. The summed E-state index contributed by atoms with van der Waals surface area (Å²) < 4.78 is 9.38. The topological polar surface area (TPSA) is 115 Å². The third-order valence-electron chi connectivity index (χ3n) is 3.24. The second-order valence-electron chi connectivity index (χ2n) is 4.95. The third kappa shape index (κ3) is 5.03. The Bertz CT molecular complexity index is 826. The van der Waals surface area contributed by atoms with Crippen molar-refractivity contribution >= 4 is 17.8 Å². The lowest BCUT2D eigenvalue weighted by molar-refractivity contribution is -0.124. The van der Waals surface area contributed by atoms with E-state index in [0.29, 0.717) is 5.56 Å². The van der Waals surface area contributed by atoms with Gasteiger partial charge in [-0.1, -0.05) is 12.1 Å². The van der Waals surface area contributed by atoms with Gasteiger partial charge in [-0.3, -0.25) is 9.59 Å². The Morgan fingerprint density at radius 1 is 1.08 bits per heavy atom. The minimum Gasteiger partial charge on any atom is -0.465 e. The SMILES string of the molecule is COC(=O)c1ccc(CNC(=O)COC(=O)c2ccc[nH]c2=O)cc1. The second kappa shape index (κ2) is 8.44. The van der Waals surface area contributed by atoms with Crippen molar-refractivity contribution in [3.8, 4) is 0 Å². The van der Waals surface area contributed by atoms with Crippen LogP contribution in [0.2, 0.25) is 0 Å². The van der Waals surface area contributed by atoms with Crippen LogP contribution in [-0.2, 0) is 20.8 Å². The molecule has 0 aliphatic rings. The summed E-state index contributed by atoms with van der Waals surface area (Å²) in [5.41, 5.74) is 0.402. The molecule has 1 heterocycles. The lowest BCUT2D eigenvalue weighted by Gasteiger charge is -2.07. The highest BCUT2D eigenvalue weighted by Crippen LogP contribution is 2.05. The molecule has 8 nitrogen and oxygen atoms in total. The lowest BCUT2D eigenvalue weighted by atomic mass is 10.1. The van der Waals surface area contributed by atoms with E-state index < -0.39 is 30.0 Å². The van der Waals surface area contributed by atoms with Crippen LogP contribution in [0.25, 0.3) is 0 Å². The second-order valence-corrected chi connectivity index (χ2v) is 4.95. The maximum absolute atomic E-state index is 11.7. The van der Waals surface area contributed by atoms with Gasteiger partial charge in [0.2, 0.25) is 0 Å². The summed E-state index contributed by atoms with van der Waals surface area (Å²) in [7, 11) is 1.29. The van der Waals surface area contributed by atoms with Gasteiger partial charge in [-0.05, 0) is 29.8 Å². The van der Waals surface area contributed by atoms with Gasteiger partial charge in [0.1, 0.15) is 5.56 Å². The number of benzene rings is 1. The zero-order valence-electron chi connectivity index (χ0n) is 13.4. The number of hydrogen-bond acceptors (Lipinski definition) is 6. The van der Waals surface area contributed by atoms with Gasteiger partial charge in [0.25, 0.3) is 11.5 Å². The van der Waals surface area contributed by atoms with Crippen LogP contribution in [0, 0.1) is 0 Å². The van der Waals surface area contributed by atoms with E-state index in [2.05, 4.69) is 15.0 Å². The van der Waals surface area contributed by atoms with E-state index >= 15 is 0 Å². The normalized spacial score (nSPS) is 9.96. The number of esters is 2. The molecule has 0 unspecified atom stereocenters. The zero-order valence-corrected chi connectivity index (χ0v) is 13.4. The first-order chi connectivity index (χ1) is 12.0. The van der Waals surface area contributed by atoms with Gasteiger partial charge in [0.05, 0.1) is 12.7 Å². The van der Waals surface area contributed by atoms with Crippen molar-refractivity contribution in [3.05, 3.63) is 69.6 Å². The average Bonchev–Trinajstić information content (AvgIpc) is 2.64. The molecule has 0 atom stereocenters. The maximum Gasteiger partial charge on any atom is 0.344 e. The molecule has 0 radical (unpaired) electrons. The van der Waals surface area contributed by atoms with E-state index in [4.69, 9.17) is 4.74 Å². The predicted octanol–water partition coefficient (Wildman–Crippen LogP) is 0.635. The van der Waals surface area contributed by atoms with Gasteiger partial charge >= 0.3 is 11.9 Å². The number of pyridine rings is 1. The smallest absolute Gasteiger partial charge is 0.344 e. The first-order valence-corrected chi connectivity index (χ1v) is 7.30. The minimum atomic E-state index is -0.876. The van der Waals surface area contributed by atoms with Gasteiger partial charge in [0.15, 0.2) is 6.61 Å². The first-order valence-electron chi connectivity index (χ1n) is 7.30. The molecule has 2 N–H and O–H groups in total. The van der Waals surface area contributed by atoms with Crippen LogP contribution in [0.5, 0.6) is 0 Å². The number of aromatic nitrogens is 1. The molecule has 0 aliphatic carbocycles. The van der Waals surface area contributed by atoms with Crippen molar-refractivity contribution in [2.24, 2.45) is 0 Å². The molecule has 1 aromatic carbocycles. The number of nitrogens with one attached hydrogen (secondary N) is 2. The fourth-order valence-electron chi connectivity index (χ4n) is 1.92. The highest BCUT2D eigenvalue weighted by molar-refractivity contribution is 5.91. The number of carbonyl (C=O) groups is 3. The Balaban J connectivity index is 1.81. The van der Waals surface area contributed by atoms with Gasteiger partial charge in [-0.2, -0.15) is 0 Å². The van der Waals surface area contributed by atoms with Crippen molar-refractivity contribution in [1.29, 1.82) is 0 Å². The largest absolute Gasteiger partial charge is 0.465 e. The molecule has 2 aromatic rings. The molecule has 2 rings (SSSR count). The molecule has 1 amide bonds. The van der Waals surface area contributed by atoms with E-state index in [0.717, 1.165) is 5.56 Å². The van der Waals surface area contributed by atoms with Crippen LogP contribution in [0.3, 0.4) is 0 Å².